The van der Waals surface area contributed by atoms with Gasteiger partial charge in [0, 0.05) is 52.1 Å². The summed E-state index contributed by atoms with van der Waals surface area (Å²) in [5.41, 5.74) is -0.178. The number of rotatable bonds is 8. The molecular formula is C17H23N5O4S. The third-order valence-corrected chi connectivity index (χ3v) is 6.55. The molecule has 1 aromatic rings. The fourth-order valence-corrected chi connectivity index (χ4v) is 4.45. The molecule has 0 aromatic carbocycles. The van der Waals surface area contributed by atoms with Crippen LogP contribution >= 0.6 is 0 Å². The molecule has 1 N–H and O–H groups in total. The lowest BCUT2D eigenvalue weighted by Crippen LogP contribution is -2.40. The zero-order valence-electron chi connectivity index (χ0n) is 15.2. The van der Waals surface area contributed by atoms with Gasteiger partial charge in [0.15, 0.2) is 5.66 Å². The summed E-state index contributed by atoms with van der Waals surface area (Å²) >= 11 is 0. The maximum atomic E-state index is 12.7. The molecule has 9 nitrogen and oxygen atoms in total. The molecule has 3 rings (SSSR count). The Hall–Kier alpha value is -2.22. The summed E-state index contributed by atoms with van der Waals surface area (Å²) in [6.45, 7) is 1.75. The van der Waals surface area contributed by atoms with Crippen molar-refractivity contribution < 1.29 is 17.9 Å². The fraction of sp³-hybridized carbons (Fsp3) is 0.588. The van der Waals surface area contributed by atoms with Gasteiger partial charge in [-0.25, -0.2) is 8.42 Å². The van der Waals surface area contributed by atoms with Crippen LogP contribution in [0.5, 0.6) is 0 Å². The van der Waals surface area contributed by atoms with Crippen molar-refractivity contribution in [3.63, 3.8) is 0 Å². The lowest BCUT2D eigenvalue weighted by molar-refractivity contribution is 0.0730. The van der Waals surface area contributed by atoms with Gasteiger partial charge in [-0.3, -0.25) is 4.79 Å². The molecular weight excluding hydrogens is 370 g/mol. The summed E-state index contributed by atoms with van der Waals surface area (Å²) in [5, 5.41) is 10.8. The van der Waals surface area contributed by atoms with E-state index < -0.39 is 15.7 Å². The highest BCUT2D eigenvalue weighted by Crippen LogP contribution is 2.36. The van der Waals surface area contributed by atoms with Crippen LogP contribution in [0.15, 0.2) is 27.4 Å². The topological polar surface area (TPSA) is 105 Å². The fourth-order valence-electron chi connectivity index (χ4n) is 2.97. The van der Waals surface area contributed by atoms with E-state index in [1.54, 1.807) is 7.05 Å². The lowest BCUT2D eigenvalue weighted by atomic mass is 10.0. The summed E-state index contributed by atoms with van der Waals surface area (Å²) < 4.78 is 33.5. The van der Waals surface area contributed by atoms with Gasteiger partial charge >= 0.3 is 0 Å². The molecule has 1 aromatic heterocycles. The molecule has 0 spiro atoms. The third kappa shape index (κ3) is 4.37. The first-order chi connectivity index (χ1) is 12.9. The number of carbonyl (C=O) groups excluding carboxylic acids is 1. The van der Waals surface area contributed by atoms with Gasteiger partial charge in [0.25, 0.3) is 5.91 Å². The van der Waals surface area contributed by atoms with Crippen molar-refractivity contribution in [2.45, 2.75) is 29.8 Å². The molecule has 2 aliphatic rings. The monoisotopic (exact) mass is 393 g/mol. The molecule has 0 unspecified atom stereocenters. The number of hydrogen-bond donors (Lipinski definition) is 1. The number of carbonyl (C=O) groups is 1. The Morgan fingerprint density at radius 3 is 2.70 bits per heavy atom. The first-order valence-corrected chi connectivity index (χ1v) is 10.2. The Kier molecular flexibility index (Phi) is 5.64. The minimum Gasteiger partial charge on any atom is -0.379 e. The highest BCUT2D eigenvalue weighted by atomic mass is 32.2. The normalized spacial score (nSPS) is 18.8. The van der Waals surface area contributed by atoms with Crippen molar-refractivity contribution in [1.82, 2.24) is 14.2 Å². The molecule has 0 bridgehead atoms. The van der Waals surface area contributed by atoms with Crippen LogP contribution in [0.2, 0.25) is 0 Å². The Morgan fingerprint density at radius 1 is 1.37 bits per heavy atom. The van der Waals surface area contributed by atoms with Crippen molar-refractivity contribution in [3.05, 3.63) is 18.0 Å². The van der Waals surface area contributed by atoms with Gasteiger partial charge in [-0.2, -0.15) is 14.5 Å². The average molecular weight is 393 g/mol. The smallest absolute Gasteiger partial charge is 0.267 e. The molecule has 10 heteroatoms. The summed E-state index contributed by atoms with van der Waals surface area (Å²) in [4.78, 5) is 12.6. The van der Waals surface area contributed by atoms with Crippen LogP contribution in [0.25, 0.3) is 0 Å². The molecule has 2 aliphatic heterocycles. The number of nitrogens with zero attached hydrogens (tertiary/aromatic N) is 4. The molecule has 1 fully saturated rings. The van der Waals surface area contributed by atoms with Gasteiger partial charge in [0.2, 0.25) is 10.0 Å². The van der Waals surface area contributed by atoms with Crippen LogP contribution in [0.1, 0.15) is 29.8 Å². The van der Waals surface area contributed by atoms with E-state index >= 15 is 0 Å². The second-order valence-corrected chi connectivity index (χ2v) is 8.52. The number of morpholine rings is 1. The number of aryl methyl sites for hydroxylation is 1. The number of sulfonamides is 1. The zero-order chi connectivity index (χ0) is 19.5. The first-order valence-electron chi connectivity index (χ1n) is 8.78. The highest BCUT2D eigenvalue weighted by molar-refractivity contribution is 7.89. The molecule has 1 saturated heterocycles. The van der Waals surface area contributed by atoms with Crippen molar-refractivity contribution in [2.75, 3.05) is 32.8 Å². The molecule has 0 atom stereocenters. The minimum absolute atomic E-state index is 0.106. The van der Waals surface area contributed by atoms with Gasteiger partial charge in [0.1, 0.15) is 10.6 Å². The third-order valence-electron chi connectivity index (χ3n) is 4.68. The van der Waals surface area contributed by atoms with Crippen molar-refractivity contribution in [2.24, 2.45) is 17.3 Å². The Labute approximate surface area is 158 Å². The summed E-state index contributed by atoms with van der Waals surface area (Å²) in [7, 11) is -1.99. The van der Waals surface area contributed by atoms with E-state index in [9.17, 15) is 13.2 Å². The molecule has 146 valence electrons. The van der Waals surface area contributed by atoms with Crippen molar-refractivity contribution in [3.8, 4) is 12.3 Å². The van der Waals surface area contributed by atoms with Crippen LogP contribution in [0.3, 0.4) is 0 Å². The van der Waals surface area contributed by atoms with Gasteiger partial charge < -0.3 is 14.6 Å². The second kappa shape index (κ2) is 7.80. The number of nitrogens with one attached hydrogen (secondary N) is 1. The molecule has 0 aliphatic carbocycles. The molecule has 1 amide bonds. The van der Waals surface area contributed by atoms with Crippen LogP contribution in [-0.2, 0) is 21.8 Å². The van der Waals surface area contributed by atoms with Gasteiger partial charge in [0.05, 0.1) is 13.2 Å². The highest BCUT2D eigenvalue weighted by Gasteiger charge is 2.38. The lowest BCUT2D eigenvalue weighted by Gasteiger charge is -2.25. The van der Waals surface area contributed by atoms with E-state index in [-0.39, 0.29) is 16.5 Å². The first kappa shape index (κ1) is 19.5. The van der Waals surface area contributed by atoms with Crippen LogP contribution < -0.4 is 5.32 Å². The summed E-state index contributed by atoms with van der Waals surface area (Å²) in [6, 6.07) is 1.40. The molecule has 0 radical (unpaired) electrons. The number of aromatic nitrogens is 1. The number of ether oxygens (including phenoxy) is 1. The van der Waals surface area contributed by atoms with Gasteiger partial charge in [-0.05, 0) is 6.07 Å². The zero-order valence-corrected chi connectivity index (χ0v) is 16.0. The standard InChI is InChI=1S/C17H23N5O4S/c1-3-4-5-17(19-20-17)6-7-18-16(23)15-12-14(13-21(15)2)27(24,25)22-8-10-26-11-9-22/h1,12-13H,4-11H2,2H3,(H,18,23). The van der Waals surface area contributed by atoms with Crippen LogP contribution in [-0.4, -0.2) is 61.7 Å². The van der Waals surface area contributed by atoms with Gasteiger partial charge in [-0.1, -0.05) is 0 Å². The summed E-state index contributed by atoms with van der Waals surface area (Å²) in [6.07, 6.45) is 8.55. The largest absolute Gasteiger partial charge is 0.379 e. The predicted molar refractivity (Wildman–Crippen MR) is 97.6 cm³/mol. The number of amides is 1. The van der Waals surface area contributed by atoms with E-state index in [0.717, 1.165) is 0 Å². The van der Waals surface area contributed by atoms with E-state index in [1.165, 1.54) is 21.1 Å². The van der Waals surface area contributed by atoms with Gasteiger partial charge in [-0.15, -0.1) is 12.3 Å². The minimum atomic E-state index is -3.64. The van der Waals surface area contributed by atoms with E-state index in [2.05, 4.69) is 21.5 Å². The number of terminal acetylenes is 1. The maximum absolute atomic E-state index is 12.7. The van der Waals surface area contributed by atoms with Crippen molar-refractivity contribution in [1.29, 1.82) is 0 Å². The second-order valence-electron chi connectivity index (χ2n) is 6.58. The quantitative estimate of drug-likeness (QED) is 0.658. The Morgan fingerprint density at radius 2 is 2.07 bits per heavy atom. The molecule has 0 saturated carbocycles. The number of hydrogen-bond acceptors (Lipinski definition) is 6. The van der Waals surface area contributed by atoms with Crippen LogP contribution in [0, 0.1) is 12.3 Å². The predicted octanol–water partition coefficient (Wildman–Crippen LogP) is 0.741. The SMILES string of the molecule is C#CCCC1(CCNC(=O)c2cc(S(=O)(=O)N3CCOCC3)cn2C)N=N1. The summed E-state index contributed by atoms with van der Waals surface area (Å²) in [5.74, 6) is 2.22. The van der Waals surface area contributed by atoms with E-state index in [0.29, 0.717) is 52.1 Å². The average Bonchev–Trinajstić information content (AvgIpc) is 3.32. The molecule has 27 heavy (non-hydrogen) atoms. The Bertz CT molecular complexity index is 872. The van der Waals surface area contributed by atoms with E-state index in [1.807, 2.05) is 0 Å². The van der Waals surface area contributed by atoms with E-state index in [4.69, 9.17) is 11.2 Å². The molecule has 3 heterocycles. The van der Waals surface area contributed by atoms with Crippen LogP contribution in [0.4, 0.5) is 0 Å². The van der Waals surface area contributed by atoms with Crippen molar-refractivity contribution >= 4 is 15.9 Å². The maximum Gasteiger partial charge on any atom is 0.267 e. The Balaban J connectivity index is 1.60.